The minimum atomic E-state index is -0.827. The van der Waals surface area contributed by atoms with Gasteiger partial charge in [0.1, 0.15) is 0 Å². The third kappa shape index (κ3) is 4.77. The third-order valence-electron chi connectivity index (χ3n) is 3.77. The van der Waals surface area contributed by atoms with Crippen LogP contribution in [-0.4, -0.2) is 41.6 Å². The summed E-state index contributed by atoms with van der Waals surface area (Å²) in [6, 6.07) is 8.31. The van der Waals surface area contributed by atoms with Gasteiger partial charge in [-0.2, -0.15) is 0 Å². The maximum Gasteiger partial charge on any atom is 0.317 e. The number of nitrogens with one attached hydrogen (secondary N) is 1. The second-order valence-corrected chi connectivity index (χ2v) is 5.34. The number of hydrogen-bond donors (Lipinski definition) is 2. The molecule has 2 rings (SSSR count). The lowest BCUT2D eigenvalue weighted by Gasteiger charge is -2.26. The molecule has 21 heavy (non-hydrogen) atoms. The normalized spacial score (nSPS) is 14.8. The number of aryl methyl sites for hydroxylation is 1. The zero-order chi connectivity index (χ0) is 15.1. The molecule has 0 aliphatic carbocycles. The molecule has 0 unspecified atom stereocenters. The minimum absolute atomic E-state index is 0.0835. The lowest BCUT2D eigenvalue weighted by atomic mass is 9.98. The summed E-state index contributed by atoms with van der Waals surface area (Å²) >= 11 is 0. The van der Waals surface area contributed by atoms with Gasteiger partial charge in [0, 0.05) is 26.1 Å². The molecular formula is C16H22N2O3. The van der Waals surface area contributed by atoms with Crippen LogP contribution in [0.2, 0.25) is 0 Å². The second kappa shape index (κ2) is 7.67. The Bertz CT molecular complexity index is 502. The van der Waals surface area contributed by atoms with E-state index in [1.807, 2.05) is 11.0 Å². The fraction of sp³-hybridized carbons (Fsp3) is 0.500. The number of carboxylic acid groups (broad SMARTS) is 1. The molecule has 0 radical (unpaired) electrons. The molecule has 5 nitrogen and oxygen atoms in total. The highest BCUT2D eigenvalue weighted by atomic mass is 16.4. The molecule has 5 heteroatoms. The molecule has 2 amide bonds. The molecule has 1 aliphatic rings. The number of carboxylic acids is 1. The first-order valence-corrected chi connectivity index (χ1v) is 7.48. The van der Waals surface area contributed by atoms with E-state index in [0.29, 0.717) is 19.5 Å². The molecule has 1 aromatic rings. The van der Waals surface area contributed by atoms with Gasteiger partial charge in [0.05, 0.1) is 0 Å². The summed E-state index contributed by atoms with van der Waals surface area (Å²) in [6.45, 7) is 1.87. The molecule has 0 saturated carbocycles. The van der Waals surface area contributed by atoms with Gasteiger partial charge in [-0.3, -0.25) is 4.79 Å². The van der Waals surface area contributed by atoms with Crippen molar-refractivity contribution in [3.63, 3.8) is 0 Å². The van der Waals surface area contributed by atoms with E-state index in [1.54, 1.807) is 0 Å². The summed E-state index contributed by atoms with van der Waals surface area (Å²) in [6.07, 6.45) is 3.39. The van der Waals surface area contributed by atoms with Crippen molar-refractivity contribution in [1.29, 1.82) is 0 Å². The smallest absolute Gasteiger partial charge is 0.317 e. The molecule has 114 valence electrons. The summed E-state index contributed by atoms with van der Waals surface area (Å²) in [4.78, 5) is 24.3. The van der Waals surface area contributed by atoms with Crippen molar-refractivity contribution in [2.45, 2.75) is 32.1 Å². The Labute approximate surface area is 125 Å². The number of benzene rings is 1. The van der Waals surface area contributed by atoms with E-state index in [2.05, 4.69) is 23.5 Å². The average Bonchev–Trinajstić information content (AvgIpc) is 2.44. The number of fused-ring (bicyclic) bond motifs is 1. The van der Waals surface area contributed by atoms with E-state index in [9.17, 15) is 9.59 Å². The van der Waals surface area contributed by atoms with Crippen LogP contribution in [0.5, 0.6) is 0 Å². The Morgan fingerprint density at radius 1 is 1.14 bits per heavy atom. The molecule has 1 heterocycles. The summed E-state index contributed by atoms with van der Waals surface area (Å²) in [7, 11) is 0. The van der Waals surface area contributed by atoms with E-state index < -0.39 is 5.97 Å². The summed E-state index contributed by atoms with van der Waals surface area (Å²) in [5.74, 6) is -0.827. The van der Waals surface area contributed by atoms with Gasteiger partial charge < -0.3 is 15.3 Å². The summed E-state index contributed by atoms with van der Waals surface area (Å²) in [5.41, 5.74) is 2.71. The van der Waals surface area contributed by atoms with Gasteiger partial charge in [0.2, 0.25) is 0 Å². The van der Waals surface area contributed by atoms with E-state index in [0.717, 1.165) is 25.8 Å². The molecule has 0 saturated heterocycles. The SMILES string of the molecule is O=C(O)CCCNC(=O)N1CCCc2ccccc2CC1. The van der Waals surface area contributed by atoms with Gasteiger partial charge in [-0.1, -0.05) is 24.3 Å². The number of carbonyl (C=O) groups excluding carboxylic acids is 1. The molecule has 2 N–H and O–H groups in total. The van der Waals surface area contributed by atoms with Crippen LogP contribution >= 0.6 is 0 Å². The zero-order valence-corrected chi connectivity index (χ0v) is 12.2. The molecule has 1 aliphatic heterocycles. The molecule has 1 aromatic carbocycles. The molecule has 0 bridgehead atoms. The number of rotatable bonds is 4. The molecule has 0 spiro atoms. The first-order chi connectivity index (χ1) is 10.2. The van der Waals surface area contributed by atoms with Crippen molar-refractivity contribution < 1.29 is 14.7 Å². The predicted molar refractivity (Wildman–Crippen MR) is 80.3 cm³/mol. The van der Waals surface area contributed by atoms with Crippen molar-refractivity contribution in [3.05, 3.63) is 35.4 Å². The van der Waals surface area contributed by atoms with Gasteiger partial charge in [0.15, 0.2) is 0 Å². The number of urea groups is 1. The fourth-order valence-corrected chi connectivity index (χ4v) is 2.62. The van der Waals surface area contributed by atoms with Gasteiger partial charge >= 0.3 is 12.0 Å². The molecular weight excluding hydrogens is 268 g/mol. The number of amides is 2. The Hall–Kier alpha value is -2.04. The lowest BCUT2D eigenvalue weighted by Crippen LogP contribution is -2.42. The number of carbonyl (C=O) groups is 2. The van der Waals surface area contributed by atoms with Crippen LogP contribution in [0, 0.1) is 0 Å². The number of nitrogens with zero attached hydrogens (tertiary/aromatic N) is 1. The largest absolute Gasteiger partial charge is 0.481 e. The van der Waals surface area contributed by atoms with Crippen LogP contribution in [0.15, 0.2) is 24.3 Å². The average molecular weight is 290 g/mol. The fourth-order valence-electron chi connectivity index (χ4n) is 2.62. The third-order valence-corrected chi connectivity index (χ3v) is 3.77. The van der Waals surface area contributed by atoms with Crippen LogP contribution in [0.1, 0.15) is 30.4 Å². The van der Waals surface area contributed by atoms with Gasteiger partial charge in [-0.15, -0.1) is 0 Å². The standard InChI is InChI=1S/C16H22N2O3/c19-15(20)8-3-10-17-16(21)18-11-4-7-13-5-1-2-6-14(13)9-12-18/h1-2,5-6H,3-4,7-12H2,(H,17,21)(H,19,20). The number of hydrogen-bond acceptors (Lipinski definition) is 2. The summed E-state index contributed by atoms with van der Waals surface area (Å²) < 4.78 is 0. The Balaban J connectivity index is 1.82. The monoisotopic (exact) mass is 290 g/mol. The second-order valence-electron chi connectivity index (χ2n) is 5.34. The molecule has 0 fully saturated rings. The Kier molecular flexibility index (Phi) is 5.60. The summed E-state index contributed by atoms with van der Waals surface area (Å²) in [5, 5.41) is 11.4. The lowest BCUT2D eigenvalue weighted by molar-refractivity contribution is -0.137. The van der Waals surface area contributed by atoms with Crippen molar-refractivity contribution in [2.75, 3.05) is 19.6 Å². The van der Waals surface area contributed by atoms with E-state index in [4.69, 9.17) is 5.11 Å². The van der Waals surface area contributed by atoms with Crippen LogP contribution < -0.4 is 5.32 Å². The zero-order valence-electron chi connectivity index (χ0n) is 12.2. The quantitative estimate of drug-likeness (QED) is 0.834. The first kappa shape index (κ1) is 15.4. The highest BCUT2D eigenvalue weighted by molar-refractivity contribution is 5.74. The van der Waals surface area contributed by atoms with Crippen molar-refractivity contribution in [2.24, 2.45) is 0 Å². The highest BCUT2D eigenvalue weighted by Crippen LogP contribution is 2.15. The molecule has 0 atom stereocenters. The minimum Gasteiger partial charge on any atom is -0.481 e. The maximum atomic E-state index is 12.1. The van der Waals surface area contributed by atoms with Crippen LogP contribution in [0.4, 0.5) is 4.79 Å². The Morgan fingerprint density at radius 2 is 1.86 bits per heavy atom. The van der Waals surface area contributed by atoms with Crippen LogP contribution in [-0.2, 0) is 17.6 Å². The topological polar surface area (TPSA) is 69.6 Å². The van der Waals surface area contributed by atoms with Gasteiger partial charge in [0.25, 0.3) is 0 Å². The number of aliphatic carboxylic acids is 1. The van der Waals surface area contributed by atoms with Crippen LogP contribution in [0.3, 0.4) is 0 Å². The van der Waals surface area contributed by atoms with Crippen molar-refractivity contribution in [1.82, 2.24) is 10.2 Å². The van der Waals surface area contributed by atoms with Crippen molar-refractivity contribution in [3.8, 4) is 0 Å². The molecule has 0 aromatic heterocycles. The Morgan fingerprint density at radius 3 is 2.57 bits per heavy atom. The highest BCUT2D eigenvalue weighted by Gasteiger charge is 2.16. The predicted octanol–water partition coefficient (Wildman–Crippen LogP) is 2.05. The maximum absolute atomic E-state index is 12.1. The van der Waals surface area contributed by atoms with Crippen molar-refractivity contribution >= 4 is 12.0 Å². The van der Waals surface area contributed by atoms with Gasteiger partial charge in [-0.25, -0.2) is 4.79 Å². The van der Waals surface area contributed by atoms with E-state index >= 15 is 0 Å². The first-order valence-electron chi connectivity index (χ1n) is 7.48. The van der Waals surface area contributed by atoms with E-state index in [1.165, 1.54) is 11.1 Å². The van der Waals surface area contributed by atoms with E-state index in [-0.39, 0.29) is 12.5 Å². The van der Waals surface area contributed by atoms with Gasteiger partial charge in [-0.05, 0) is 36.8 Å². The van der Waals surface area contributed by atoms with Crippen LogP contribution in [0.25, 0.3) is 0 Å².